The smallest absolute Gasteiger partial charge is 0.188 e. The zero-order valence-corrected chi connectivity index (χ0v) is 17.3. The first-order valence-corrected chi connectivity index (χ1v) is 8.37. The molecule has 0 saturated heterocycles. The van der Waals surface area contributed by atoms with Gasteiger partial charge in [-0.2, -0.15) is 0 Å². The van der Waals surface area contributed by atoms with Gasteiger partial charge in [0.05, 0.1) is 20.8 Å². The Morgan fingerprint density at radius 3 is 2.50 bits per heavy atom. The molecule has 24 heavy (non-hydrogen) atoms. The van der Waals surface area contributed by atoms with Crippen LogP contribution >= 0.6 is 24.0 Å². The quantitative estimate of drug-likeness (QED) is 0.362. The Labute approximate surface area is 162 Å². The first-order valence-electron chi connectivity index (χ1n) is 8.37. The Bertz CT molecular complexity index is 545. The number of ether oxygens (including phenoxy) is 2. The molecular weight excluding hydrogens is 417 g/mol. The number of hydrogen-bond acceptors (Lipinski definition) is 3. The van der Waals surface area contributed by atoms with E-state index in [-0.39, 0.29) is 24.0 Å². The molecule has 0 atom stereocenters. The van der Waals surface area contributed by atoms with Crippen molar-refractivity contribution >= 4 is 29.9 Å². The van der Waals surface area contributed by atoms with Gasteiger partial charge in [-0.15, -0.1) is 24.0 Å². The molecule has 0 radical (unpaired) electrons. The zero-order valence-electron chi connectivity index (χ0n) is 14.9. The summed E-state index contributed by atoms with van der Waals surface area (Å²) in [7, 11) is 3.26. The summed E-state index contributed by atoms with van der Waals surface area (Å²) in [5.74, 6) is 1.95. The van der Waals surface area contributed by atoms with Gasteiger partial charge in [0, 0.05) is 6.54 Å². The average molecular weight is 447 g/mol. The summed E-state index contributed by atoms with van der Waals surface area (Å²) in [5, 5.41) is 3.30. The van der Waals surface area contributed by atoms with Crippen LogP contribution in [0, 0.1) is 5.41 Å². The van der Waals surface area contributed by atoms with Gasteiger partial charge in [-0.3, -0.25) is 0 Å². The van der Waals surface area contributed by atoms with Crippen LogP contribution < -0.4 is 20.5 Å². The first kappa shape index (κ1) is 20.9. The molecule has 1 fully saturated rings. The number of hydrogen-bond donors (Lipinski definition) is 2. The number of benzene rings is 1. The second-order valence-electron chi connectivity index (χ2n) is 6.35. The van der Waals surface area contributed by atoms with Gasteiger partial charge in [0.25, 0.3) is 0 Å². The van der Waals surface area contributed by atoms with E-state index in [1.54, 1.807) is 14.2 Å². The SMILES string of the molecule is CCCC1(CNC(N)=NCc2ccc(OC)c(OC)c2)CCC1.I. The van der Waals surface area contributed by atoms with Crippen molar-refractivity contribution in [2.24, 2.45) is 16.1 Å². The average Bonchev–Trinajstić information content (AvgIpc) is 2.54. The minimum Gasteiger partial charge on any atom is -0.493 e. The molecule has 0 unspecified atom stereocenters. The maximum Gasteiger partial charge on any atom is 0.188 e. The largest absolute Gasteiger partial charge is 0.493 e. The Kier molecular flexibility index (Phi) is 8.66. The van der Waals surface area contributed by atoms with Gasteiger partial charge in [0.15, 0.2) is 17.5 Å². The van der Waals surface area contributed by atoms with Gasteiger partial charge < -0.3 is 20.5 Å². The molecule has 1 aliphatic carbocycles. The molecule has 0 bridgehead atoms. The topological polar surface area (TPSA) is 68.9 Å². The van der Waals surface area contributed by atoms with Crippen molar-refractivity contribution in [3.05, 3.63) is 23.8 Å². The summed E-state index contributed by atoms with van der Waals surface area (Å²) >= 11 is 0. The number of guanidine groups is 1. The zero-order chi connectivity index (χ0) is 16.7. The third kappa shape index (κ3) is 5.43. The van der Waals surface area contributed by atoms with Crippen LogP contribution in [0.1, 0.15) is 44.6 Å². The van der Waals surface area contributed by atoms with E-state index >= 15 is 0 Å². The van der Waals surface area contributed by atoms with Crippen molar-refractivity contribution in [1.29, 1.82) is 0 Å². The lowest BCUT2D eigenvalue weighted by Crippen LogP contribution is -2.44. The lowest BCUT2D eigenvalue weighted by Gasteiger charge is -2.42. The Morgan fingerprint density at radius 1 is 1.25 bits per heavy atom. The fourth-order valence-electron chi connectivity index (χ4n) is 3.21. The summed E-state index contributed by atoms with van der Waals surface area (Å²) in [6, 6.07) is 5.79. The highest BCUT2D eigenvalue weighted by Crippen LogP contribution is 2.44. The predicted octanol–water partition coefficient (Wildman–Crippen LogP) is 3.70. The van der Waals surface area contributed by atoms with Crippen molar-refractivity contribution in [2.75, 3.05) is 20.8 Å². The number of rotatable bonds is 8. The molecule has 0 aliphatic heterocycles. The van der Waals surface area contributed by atoms with Gasteiger partial charge in [-0.05, 0) is 42.4 Å². The molecule has 3 N–H and O–H groups in total. The molecule has 0 aromatic heterocycles. The standard InChI is InChI=1S/C18H29N3O2.HI/c1-4-8-18(9-5-10-18)13-21-17(19)20-12-14-6-7-15(22-2)16(11-14)23-3;/h6-7,11H,4-5,8-10,12-13H2,1-3H3,(H3,19,20,21);1H. The molecule has 5 nitrogen and oxygen atoms in total. The van der Waals surface area contributed by atoms with E-state index < -0.39 is 0 Å². The Hall–Kier alpha value is -1.18. The van der Waals surface area contributed by atoms with Crippen LogP contribution in [0.15, 0.2) is 23.2 Å². The fraction of sp³-hybridized carbons (Fsp3) is 0.611. The van der Waals surface area contributed by atoms with Crippen LogP contribution in [-0.4, -0.2) is 26.7 Å². The Morgan fingerprint density at radius 2 is 1.96 bits per heavy atom. The summed E-state index contributed by atoms with van der Waals surface area (Å²) in [6.07, 6.45) is 6.44. The fourth-order valence-corrected chi connectivity index (χ4v) is 3.21. The monoisotopic (exact) mass is 447 g/mol. The highest BCUT2D eigenvalue weighted by molar-refractivity contribution is 14.0. The third-order valence-electron chi connectivity index (χ3n) is 4.72. The lowest BCUT2D eigenvalue weighted by molar-refractivity contribution is 0.123. The van der Waals surface area contributed by atoms with E-state index in [1.165, 1.54) is 32.1 Å². The number of methoxy groups -OCH3 is 2. The third-order valence-corrected chi connectivity index (χ3v) is 4.72. The van der Waals surface area contributed by atoms with E-state index in [4.69, 9.17) is 15.2 Å². The lowest BCUT2D eigenvalue weighted by atomic mass is 9.66. The second kappa shape index (κ2) is 9.96. The molecule has 6 heteroatoms. The van der Waals surface area contributed by atoms with Crippen LogP contribution in [-0.2, 0) is 6.54 Å². The Balaban J connectivity index is 0.00000288. The molecule has 1 saturated carbocycles. The van der Waals surface area contributed by atoms with E-state index in [0.717, 1.165) is 17.9 Å². The van der Waals surface area contributed by atoms with Crippen LogP contribution in [0.5, 0.6) is 11.5 Å². The molecule has 1 aromatic carbocycles. The molecular formula is C18H30IN3O2. The van der Waals surface area contributed by atoms with Crippen molar-refractivity contribution < 1.29 is 9.47 Å². The minimum absolute atomic E-state index is 0. The van der Waals surface area contributed by atoms with Crippen molar-refractivity contribution in [1.82, 2.24) is 5.32 Å². The predicted molar refractivity (Wildman–Crippen MR) is 109 cm³/mol. The second-order valence-corrected chi connectivity index (χ2v) is 6.35. The molecule has 0 amide bonds. The number of halogens is 1. The molecule has 2 rings (SSSR count). The van der Waals surface area contributed by atoms with E-state index in [1.807, 2.05) is 18.2 Å². The molecule has 136 valence electrons. The molecule has 1 aromatic rings. The summed E-state index contributed by atoms with van der Waals surface area (Å²) in [5.41, 5.74) is 7.50. The van der Waals surface area contributed by atoms with Crippen LogP contribution in [0.2, 0.25) is 0 Å². The van der Waals surface area contributed by atoms with Gasteiger partial charge in [0.2, 0.25) is 0 Å². The maximum absolute atomic E-state index is 6.01. The highest BCUT2D eigenvalue weighted by atomic mass is 127. The van der Waals surface area contributed by atoms with E-state index in [0.29, 0.717) is 23.7 Å². The number of nitrogens with two attached hydrogens (primary N) is 1. The number of nitrogens with one attached hydrogen (secondary N) is 1. The van der Waals surface area contributed by atoms with Crippen LogP contribution in [0.3, 0.4) is 0 Å². The molecule has 0 heterocycles. The van der Waals surface area contributed by atoms with Crippen LogP contribution in [0.4, 0.5) is 0 Å². The molecule has 1 aliphatic rings. The van der Waals surface area contributed by atoms with Gasteiger partial charge in [0.1, 0.15) is 0 Å². The van der Waals surface area contributed by atoms with Gasteiger partial charge in [-0.1, -0.05) is 25.8 Å². The normalized spacial score (nSPS) is 15.9. The van der Waals surface area contributed by atoms with Gasteiger partial charge >= 0.3 is 0 Å². The summed E-state index contributed by atoms with van der Waals surface area (Å²) in [4.78, 5) is 4.43. The minimum atomic E-state index is 0. The van der Waals surface area contributed by atoms with Crippen molar-refractivity contribution in [3.8, 4) is 11.5 Å². The molecule has 0 spiro atoms. The van der Waals surface area contributed by atoms with Crippen molar-refractivity contribution in [3.63, 3.8) is 0 Å². The van der Waals surface area contributed by atoms with E-state index in [9.17, 15) is 0 Å². The number of aliphatic imine (C=N–C) groups is 1. The van der Waals surface area contributed by atoms with Gasteiger partial charge in [-0.25, -0.2) is 4.99 Å². The first-order chi connectivity index (χ1) is 11.1. The number of nitrogens with zero attached hydrogens (tertiary/aromatic N) is 1. The van der Waals surface area contributed by atoms with Crippen molar-refractivity contribution in [2.45, 2.75) is 45.6 Å². The summed E-state index contributed by atoms with van der Waals surface area (Å²) in [6.45, 7) is 3.71. The van der Waals surface area contributed by atoms with Crippen LogP contribution in [0.25, 0.3) is 0 Å². The van der Waals surface area contributed by atoms with E-state index in [2.05, 4.69) is 17.2 Å². The highest BCUT2D eigenvalue weighted by Gasteiger charge is 2.35. The maximum atomic E-state index is 6.01. The summed E-state index contributed by atoms with van der Waals surface area (Å²) < 4.78 is 10.5.